The summed E-state index contributed by atoms with van der Waals surface area (Å²) in [6.45, 7) is 7.54. The Morgan fingerprint density at radius 3 is 2.74 bits per heavy atom. The van der Waals surface area contributed by atoms with Crippen molar-refractivity contribution in [3.63, 3.8) is 0 Å². The number of nitrogens with one attached hydrogen (secondary N) is 2. The molecule has 1 amide bonds. The molecule has 6 atom stereocenters. The van der Waals surface area contributed by atoms with E-state index in [1.807, 2.05) is 61.7 Å². The van der Waals surface area contributed by atoms with Gasteiger partial charge in [0.05, 0.1) is 30.2 Å². The second kappa shape index (κ2) is 13.7. The Labute approximate surface area is 254 Å². The Kier molecular flexibility index (Phi) is 9.95. The van der Waals surface area contributed by atoms with E-state index in [0.29, 0.717) is 36.6 Å². The van der Waals surface area contributed by atoms with E-state index in [4.69, 9.17) is 9.47 Å². The Morgan fingerprint density at radius 2 is 2.07 bits per heavy atom. The number of hydrogen-bond donors (Lipinski definition) is 3. The molecule has 2 aromatic carbocycles. The zero-order valence-electron chi connectivity index (χ0n) is 25.5. The van der Waals surface area contributed by atoms with Crippen LogP contribution in [-0.2, 0) is 16.1 Å². The molecule has 1 aromatic heterocycles. The summed E-state index contributed by atoms with van der Waals surface area (Å²) in [6, 6.07) is 15.4. The van der Waals surface area contributed by atoms with Crippen LogP contribution in [0.2, 0.25) is 18.6 Å². The van der Waals surface area contributed by atoms with Crippen molar-refractivity contribution >= 4 is 20.0 Å². The summed E-state index contributed by atoms with van der Waals surface area (Å²) < 4.78 is 30.3. The molecule has 3 unspecified atom stereocenters. The predicted molar refractivity (Wildman–Crippen MR) is 166 cm³/mol. The van der Waals surface area contributed by atoms with Crippen molar-refractivity contribution in [1.29, 1.82) is 0 Å². The minimum Gasteiger partial charge on any atom is -0.490 e. The SMILES string of the molecule is CO[C@@H]1c2cc(NC(=O)C3CCCNC3)ccc2O[C@H](C(CCn2cc(C(CO)c3ccccc3)nn2)[Si](C)(C)F)[C@H]1C. The molecule has 0 saturated carbocycles. The number of methoxy groups -OCH3 is 1. The van der Waals surface area contributed by atoms with Gasteiger partial charge in [-0.2, -0.15) is 0 Å². The number of halogens is 1. The topological polar surface area (TPSA) is 111 Å². The molecule has 0 radical (unpaired) electrons. The fraction of sp³-hybridized carbons (Fsp3) is 0.531. The number of carbonyl (C=O) groups excluding carboxylic acids is 1. The number of anilines is 1. The molecule has 0 aliphatic carbocycles. The van der Waals surface area contributed by atoms with Crippen LogP contribution in [0.4, 0.5) is 9.80 Å². The van der Waals surface area contributed by atoms with Crippen LogP contribution in [0.15, 0.2) is 54.7 Å². The molecule has 3 N–H and O–H groups in total. The lowest BCUT2D eigenvalue weighted by atomic mass is 9.86. The second-order valence-electron chi connectivity index (χ2n) is 12.4. The first-order valence-corrected chi connectivity index (χ1v) is 18.2. The number of aromatic nitrogens is 3. The Balaban J connectivity index is 1.31. The standard InChI is InChI=1S/C32H44FN5O4Si/c1-21-30(41-2)25-17-24(35-32(40)23-11-8-15-34-18-23)12-13-28(25)42-31(21)29(43(3,4)33)14-16-38-19-27(36-37-38)26(20-39)22-9-6-5-7-10-22/h5-7,9-10,12-13,17,19,21,23,26,29-31,34,39H,8,11,14-16,18,20H2,1-4H3,(H,35,40)/t21-,23?,26?,29?,30-,31-/m0/s1. The number of fused-ring (bicyclic) bond motifs is 1. The molecule has 1 saturated heterocycles. The molecule has 2 aliphatic rings. The molecule has 5 rings (SSSR count). The van der Waals surface area contributed by atoms with Gasteiger partial charge >= 0.3 is 0 Å². The second-order valence-corrected chi connectivity index (χ2v) is 16.3. The Hall–Kier alpha value is -3.12. The number of aliphatic hydroxyl groups is 1. The van der Waals surface area contributed by atoms with Gasteiger partial charge in [0.1, 0.15) is 11.9 Å². The molecular weight excluding hydrogens is 565 g/mol. The van der Waals surface area contributed by atoms with E-state index in [-0.39, 0.29) is 41.9 Å². The number of aliphatic hydroxyl groups excluding tert-OH is 1. The smallest absolute Gasteiger partial charge is 0.247 e. The van der Waals surface area contributed by atoms with Crippen molar-refractivity contribution in [1.82, 2.24) is 20.3 Å². The van der Waals surface area contributed by atoms with E-state index in [0.717, 1.165) is 30.5 Å². The number of nitrogens with zero attached hydrogens (tertiary/aromatic N) is 3. The van der Waals surface area contributed by atoms with Gasteiger partial charge in [0, 0.05) is 49.1 Å². The quantitative estimate of drug-likeness (QED) is 0.206. The molecule has 0 bridgehead atoms. The third-order valence-electron chi connectivity index (χ3n) is 9.01. The van der Waals surface area contributed by atoms with Gasteiger partial charge < -0.3 is 29.3 Å². The Bertz CT molecular complexity index is 1360. The highest BCUT2D eigenvalue weighted by Crippen LogP contribution is 2.48. The molecule has 0 spiro atoms. The highest BCUT2D eigenvalue weighted by molar-refractivity contribution is 6.72. The minimum absolute atomic E-state index is 0.0133. The maximum absolute atomic E-state index is 16.0. The highest BCUT2D eigenvalue weighted by atomic mass is 28.4. The van der Waals surface area contributed by atoms with E-state index in [2.05, 4.69) is 20.9 Å². The molecule has 43 heavy (non-hydrogen) atoms. The lowest BCUT2D eigenvalue weighted by Gasteiger charge is -2.43. The molecule has 3 heterocycles. The molecule has 3 aromatic rings. The Morgan fingerprint density at radius 1 is 1.28 bits per heavy atom. The fourth-order valence-corrected chi connectivity index (χ4v) is 8.55. The fourth-order valence-electron chi connectivity index (χ4n) is 6.58. The van der Waals surface area contributed by atoms with E-state index in [1.54, 1.807) is 24.9 Å². The first-order chi connectivity index (χ1) is 20.7. The van der Waals surface area contributed by atoms with Gasteiger partial charge in [0.15, 0.2) is 0 Å². The zero-order valence-corrected chi connectivity index (χ0v) is 26.5. The number of benzene rings is 2. The lowest BCUT2D eigenvalue weighted by Crippen LogP contribution is -2.46. The van der Waals surface area contributed by atoms with Crippen molar-refractivity contribution in [2.45, 2.75) is 69.5 Å². The summed E-state index contributed by atoms with van der Waals surface area (Å²) in [5.74, 6) is 0.231. The number of ether oxygens (including phenoxy) is 2. The lowest BCUT2D eigenvalue weighted by molar-refractivity contribution is -0.120. The normalized spacial score (nSPS) is 23.6. The number of rotatable bonds is 11. The van der Waals surface area contributed by atoms with E-state index in [1.165, 1.54) is 0 Å². The summed E-state index contributed by atoms with van der Waals surface area (Å²) in [5, 5.41) is 25.0. The third kappa shape index (κ3) is 7.17. The number of hydrogen-bond acceptors (Lipinski definition) is 7. The van der Waals surface area contributed by atoms with Crippen molar-refractivity contribution in [3.8, 4) is 5.75 Å². The monoisotopic (exact) mass is 609 g/mol. The van der Waals surface area contributed by atoms with Crippen LogP contribution < -0.4 is 15.4 Å². The number of aryl methyl sites for hydroxylation is 1. The van der Waals surface area contributed by atoms with E-state index < -0.39 is 14.5 Å². The van der Waals surface area contributed by atoms with Crippen LogP contribution in [-0.4, -0.2) is 67.3 Å². The van der Waals surface area contributed by atoms with E-state index >= 15 is 4.11 Å². The largest absolute Gasteiger partial charge is 0.490 e. The molecule has 2 aliphatic heterocycles. The summed E-state index contributed by atoms with van der Waals surface area (Å²) in [5.41, 5.74) is 2.89. The van der Waals surface area contributed by atoms with Gasteiger partial charge in [0.2, 0.25) is 14.3 Å². The maximum Gasteiger partial charge on any atom is 0.247 e. The van der Waals surface area contributed by atoms with Crippen LogP contribution in [0.1, 0.15) is 55.0 Å². The highest BCUT2D eigenvalue weighted by Gasteiger charge is 2.47. The summed E-state index contributed by atoms with van der Waals surface area (Å²) >= 11 is 0. The first-order valence-electron chi connectivity index (χ1n) is 15.3. The number of carbonyl (C=O) groups is 1. The molecule has 1 fully saturated rings. The van der Waals surface area contributed by atoms with Crippen molar-refractivity contribution < 1.29 is 23.5 Å². The van der Waals surface area contributed by atoms with Crippen molar-refractivity contribution in [2.75, 3.05) is 32.1 Å². The summed E-state index contributed by atoms with van der Waals surface area (Å²) in [7, 11) is -1.54. The van der Waals surface area contributed by atoms with Crippen LogP contribution in [0.25, 0.3) is 0 Å². The van der Waals surface area contributed by atoms with Crippen LogP contribution in [0, 0.1) is 11.8 Å². The van der Waals surface area contributed by atoms with E-state index in [9.17, 15) is 9.90 Å². The number of piperidine rings is 1. The average molecular weight is 610 g/mol. The summed E-state index contributed by atoms with van der Waals surface area (Å²) in [6.07, 6.45) is 3.53. The van der Waals surface area contributed by atoms with Gasteiger partial charge in [-0.25, -0.2) is 0 Å². The van der Waals surface area contributed by atoms with Crippen LogP contribution >= 0.6 is 0 Å². The molecule has 232 valence electrons. The zero-order chi connectivity index (χ0) is 30.6. The van der Waals surface area contributed by atoms with Gasteiger partial charge in [-0.15, -0.1) is 5.10 Å². The van der Waals surface area contributed by atoms with Gasteiger partial charge in [-0.05, 0) is 62.7 Å². The van der Waals surface area contributed by atoms with Gasteiger partial charge in [-0.3, -0.25) is 9.48 Å². The van der Waals surface area contributed by atoms with Gasteiger partial charge in [0.25, 0.3) is 0 Å². The molecular formula is C32H44FN5O4Si. The average Bonchev–Trinajstić information content (AvgIpc) is 3.47. The van der Waals surface area contributed by atoms with Gasteiger partial charge in [-0.1, -0.05) is 42.5 Å². The van der Waals surface area contributed by atoms with Crippen LogP contribution in [0.3, 0.4) is 0 Å². The summed E-state index contributed by atoms with van der Waals surface area (Å²) in [4.78, 5) is 12.8. The number of amides is 1. The maximum atomic E-state index is 16.0. The van der Waals surface area contributed by atoms with Crippen molar-refractivity contribution in [3.05, 3.63) is 71.5 Å². The predicted octanol–water partition coefficient (Wildman–Crippen LogP) is 5.06. The minimum atomic E-state index is -3.20. The molecule has 9 nitrogen and oxygen atoms in total. The molecule has 11 heteroatoms. The third-order valence-corrected chi connectivity index (χ3v) is 11.4. The van der Waals surface area contributed by atoms with Crippen LogP contribution in [0.5, 0.6) is 5.75 Å². The first kappa shape index (κ1) is 31.3. The van der Waals surface area contributed by atoms with Crippen molar-refractivity contribution in [2.24, 2.45) is 11.8 Å².